The first-order valence-corrected chi connectivity index (χ1v) is 10.9. The Morgan fingerprint density at radius 3 is 2.53 bits per heavy atom. The minimum Gasteiger partial charge on any atom is -0.490 e. The number of hydrogen-bond donors (Lipinski definition) is 0. The average Bonchev–Trinajstić information content (AvgIpc) is 2.74. The molecule has 0 saturated heterocycles. The van der Waals surface area contributed by atoms with Crippen LogP contribution in [0.15, 0.2) is 50.8 Å². The number of nitrogens with zero attached hydrogens (tertiary/aromatic N) is 3. The molecule has 30 heavy (non-hydrogen) atoms. The van der Waals surface area contributed by atoms with Gasteiger partial charge in [0, 0.05) is 10.4 Å². The summed E-state index contributed by atoms with van der Waals surface area (Å²) in [6, 6.07) is 11.1. The minimum atomic E-state index is -0.191. The predicted molar refractivity (Wildman–Crippen MR) is 124 cm³/mol. The van der Waals surface area contributed by atoms with Gasteiger partial charge in [0.15, 0.2) is 11.5 Å². The SMILES string of the molecule is CCOc1ccc(C=Nn2c([C@H](C)CC)nc3ccc(Br)cc3c2=O)cc1OCC. The molecule has 0 fully saturated rings. The molecule has 0 aliphatic rings. The largest absolute Gasteiger partial charge is 0.490 e. The Hall–Kier alpha value is -2.67. The van der Waals surface area contributed by atoms with Crippen molar-refractivity contribution in [3.63, 3.8) is 0 Å². The molecular formula is C23H26BrN3O3. The molecule has 158 valence electrons. The lowest BCUT2D eigenvalue weighted by molar-refractivity contribution is 0.288. The van der Waals surface area contributed by atoms with Crippen LogP contribution in [-0.2, 0) is 0 Å². The highest BCUT2D eigenvalue weighted by Crippen LogP contribution is 2.28. The van der Waals surface area contributed by atoms with Crippen LogP contribution in [0.2, 0.25) is 0 Å². The van der Waals surface area contributed by atoms with E-state index in [9.17, 15) is 4.79 Å². The van der Waals surface area contributed by atoms with Gasteiger partial charge in [0.1, 0.15) is 5.82 Å². The topological polar surface area (TPSA) is 65.7 Å². The van der Waals surface area contributed by atoms with Gasteiger partial charge in [-0.15, -0.1) is 0 Å². The normalized spacial score (nSPS) is 12.4. The number of halogens is 1. The van der Waals surface area contributed by atoms with Gasteiger partial charge in [-0.05, 0) is 62.2 Å². The van der Waals surface area contributed by atoms with Gasteiger partial charge >= 0.3 is 0 Å². The zero-order chi connectivity index (χ0) is 21.7. The second-order valence-electron chi connectivity index (χ2n) is 6.87. The van der Waals surface area contributed by atoms with Gasteiger partial charge < -0.3 is 9.47 Å². The summed E-state index contributed by atoms with van der Waals surface area (Å²) in [7, 11) is 0. The lowest BCUT2D eigenvalue weighted by Gasteiger charge is -2.14. The van der Waals surface area contributed by atoms with Crippen LogP contribution in [0.3, 0.4) is 0 Å². The first-order chi connectivity index (χ1) is 14.5. The van der Waals surface area contributed by atoms with E-state index in [0.717, 1.165) is 16.5 Å². The van der Waals surface area contributed by atoms with E-state index in [1.165, 1.54) is 4.68 Å². The third kappa shape index (κ3) is 4.73. The number of hydrogen-bond acceptors (Lipinski definition) is 5. The highest BCUT2D eigenvalue weighted by Gasteiger charge is 2.15. The Balaban J connectivity index is 2.10. The summed E-state index contributed by atoms with van der Waals surface area (Å²) < 4.78 is 13.5. The van der Waals surface area contributed by atoms with Crippen molar-refractivity contribution in [2.24, 2.45) is 5.10 Å². The van der Waals surface area contributed by atoms with E-state index < -0.39 is 0 Å². The molecule has 7 heteroatoms. The maximum atomic E-state index is 13.2. The van der Waals surface area contributed by atoms with E-state index in [0.29, 0.717) is 41.4 Å². The smallest absolute Gasteiger partial charge is 0.282 e. The molecule has 0 bridgehead atoms. The zero-order valence-corrected chi connectivity index (χ0v) is 19.3. The fraction of sp³-hybridized carbons (Fsp3) is 0.348. The highest BCUT2D eigenvalue weighted by molar-refractivity contribution is 9.10. The molecule has 6 nitrogen and oxygen atoms in total. The van der Waals surface area contributed by atoms with Gasteiger partial charge in [0.05, 0.1) is 30.3 Å². The summed E-state index contributed by atoms with van der Waals surface area (Å²) in [4.78, 5) is 17.9. The zero-order valence-electron chi connectivity index (χ0n) is 17.7. The fourth-order valence-electron chi connectivity index (χ4n) is 3.05. The summed E-state index contributed by atoms with van der Waals surface area (Å²) in [5.74, 6) is 2.07. The quantitative estimate of drug-likeness (QED) is 0.415. The van der Waals surface area contributed by atoms with E-state index in [1.54, 1.807) is 12.3 Å². The van der Waals surface area contributed by atoms with E-state index in [-0.39, 0.29) is 11.5 Å². The van der Waals surface area contributed by atoms with E-state index >= 15 is 0 Å². The fourth-order valence-corrected chi connectivity index (χ4v) is 3.41. The van der Waals surface area contributed by atoms with Crippen molar-refractivity contribution in [3.8, 4) is 11.5 Å². The molecule has 3 rings (SSSR count). The highest BCUT2D eigenvalue weighted by atomic mass is 79.9. The lowest BCUT2D eigenvalue weighted by atomic mass is 10.1. The Bertz CT molecular complexity index is 1120. The molecule has 1 heterocycles. The summed E-state index contributed by atoms with van der Waals surface area (Å²) in [5, 5.41) is 5.03. The van der Waals surface area contributed by atoms with Crippen molar-refractivity contribution in [2.45, 2.75) is 40.0 Å². The van der Waals surface area contributed by atoms with Gasteiger partial charge in [-0.1, -0.05) is 29.8 Å². The summed E-state index contributed by atoms with van der Waals surface area (Å²) in [5.41, 5.74) is 1.28. The van der Waals surface area contributed by atoms with Gasteiger partial charge in [-0.25, -0.2) is 4.98 Å². The van der Waals surface area contributed by atoms with Gasteiger partial charge in [-0.3, -0.25) is 4.79 Å². The molecule has 2 aromatic carbocycles. The maximum absolute atomic E-state index is 13.2. The first kappa shape index (κ1) is 22.0. The van der Waals surface area contributed by atoms with Crippen LogP contribution >= 0.6 is 15.9 Å². The van der Waals surface area contributed by atoms with Crippen LogP contribution < -0.4 is 15.0 Å². The number of aromatic nitrogens is 2. The second kappa shape index (κ2) is 9.89. The van der Waals surface area contributed by atoms with Crippen molar-refractivity contribution < 1.29 is 9.47 Å². The van der Waals surface area contributed by atoms with Crippen LogP contribution in [-0.4, -0.2) is 29.1 Å². The molecular weight excluding hydrogens is 446 g/mol. The van der Waals surface area contributed by atoms with E-state index in [4.69, 9.17) is 14.5 Å². The van der Waals surface area contributed by atoms with Crippen LogP contribution in [0.25, 0.3) is 10.9 Å². The maximum Gasteiger partial charge on any atom is 0.282 e. The molecule has 0 aliphatic carbocycles. The molecule has 3 aromatic rings. The number of benzene rings is 2. The monoisotopic (exact) mass is 471 g/mol. The van der Waals surface area contributed by atoms with Crippen molar-refractivity contribution >= 4 is 33.0 Å². The van der Waals surface area contributed by atoms with Gasteiger partial charge in [0.25, 0.3) is 5.56 Å². The van der Waals surface area contributed by atoms with Gasteiger partial charge in [0.2, 0.25) is 0 Å². The molecule has 0 unspecified atom stereocenters. The van der Waals surface area contributed by atoms with Crippen molar-refractivity contribution in [3.05, 3.63) is 62.6 Å². The Morgan fingerprint density at radius 1 is 1.10 bits per heavy atom. The molecule has 0 N–H and O–H groups in total. The third-order valence-corrected chi connectivity index (χ3v) is 5.27. The number of ether oxygens (including phenoxy) is 2. The number of fused-ring (bicyclic) bond motifs is 1. The summed E-state index contributed by atoms with van der Waals surface area (Å²) >= 11 is 3.43. The molecule has 0 radical (unpaired) electrons. The lowest BCUT2D eigenvalue weighted by Crippen LogP contribution is -2.23. The van der Waals surface area contributed by atoms with Crippen LogP contribution in [0.1, 0.15) is 51.4 Å². The van der Waals surface area contributed by atoms with Crippen LogP contribution in [0.4, 0.5) is 0 Å². The predicted octanol–water partition coefficient (Wildman–Crippen LogP) is 5.35. The molecule has 0 spiro atoms. The molecule has 0 aliphatic heterocycles. The Kier molecular flexibility index (Phi) is 7.26. The van der Waals surface area contributed by atoms with Crippen molar-refractivity contribution in [1.82, 2.24) is 9.66 Å². The Labute approximate surface area is 184 Å². The molecule has 0 amide bonds. The first-order valence-electron chi connectivity index (χ1n) is 10.1. The average molecular weight is 472 g/mol. The summed E-state index contributed by atoms with van der Waals surface area (Å²) in [6.07, 6.45) is 2.50. The van der Waals surface area contributed by atoms with E-state index in [1.807, 2.05) is 51.1 Å². The summed E-state index contributed by atoms with van der Waals surface area (Å²) in [6.45, 7) is 9.05. The van der Waals surface area contributed by atoms with Gasteiger partial charge in [-0.2, -0.15) is 9.78 Å². The second-order valence-corrected chi connectivity index (χ2v) is 7.79. The van der Waals surface area contributed by atoms with Crippen molar-refractivity contribution in [1.29, 1.82) is 0 Å². The van der Waals surface area contributed by atoms with Crippen molar-refractivity contribution in [2.75, 3.05) is 13.2 Å². The third-order valence-electron chi connectivity index (χ3n) is 4.78. The van der Waals surface area contributed by atoms with E-state index in [2.05, 4.69) is 28.0 Å². The Morgan fingerprint density at radius 2 is 1.83 bits per heavy atom. The number of rotatable bonds is 8. The van der Waals surface area contributed by atoms with Crippen LogP contribution in [0, 0.1) is 0 Å². The molecule has 0 saturated carbocycles. The minimum absolute atomic E-state index is 0.0854. The van der Waals surface area contributed by atoms with Crippen LogP contribution in [0.5, 0.6) is 11.5 Å². The molecule has 1 atom stereocenters. The molecule has 1 aromatic heterocycles. The standard InChI is InChI=1S/C23H26BrN3O3/c1-5-15(4)22-26-19-10-9-17(24)13-18(19)23(28)27(22)25-14-16-8-11-20(29-6-2)21(12-16)30-7-3/h8-15H,5-7H2,1-4H3/t15-/m1/s1.